The quantitative estimate of drug-likeness (QED) is 0.847. The monoisotopic (exact) mass is 288 g/mol. The first-order chi connectivity index (χ1) is 9.78. The Morgan fingerprint density at radius 2 is 1.95 bits per heavy atom. The van der Waals surface area contributed by atoms with E-state index in [9.17, 15) is 9.90 Å². The van der Waals surface area contributed by atoms with Gasteiger partial charge < -0.3 is 9.84 Å². The first-order valence-corrected chi connectivity index (χ1v) is 7.81. The largest absolute Gasteiger partial charge is 0.460 e. The number of hydrogen-bond acceptors (Lipinski definition) is 3. The van der Waals surface area contributed by atoms with Crippen LogP contribution >= 0.6 is 0 Å². The van der Waals surface area contributed by atoms with Gasteiger partial charge in [-0.25, -0.2) is 0 Å². The molecule has 1 saturated carbocycles. The Hall–Kier alpha value is -1.35. The molecule has 0 unspecified atom stereocenters. The fourth-order valence-corrected chi connectivity index (χ4v) is 4.04. The maximum atomic E-state index is 12.1. The zero-order valence-corrected chi connectivity index (χ0v) is 13.1. The molecule has 1 aromatic carbocycles. The smallest absolute Gasteiger partial charge is 0.309 e. The van der Waals surface area contributed by atoms with Crippen LogP contribution in [0.5, 0.6) is 0 Å². The van der Waals surface area contributed by atoms with Crippen molar-refractivity contribution in [1.29, 1.82) is 0 Å². The summed E-state index contributed by atoms with van der Waals surface area (Å²) in [5.41, 5.74) is 1.15. The minimum Gasteiger partial charge on any atom is -0.460 e. The first-order valence-electron chi connectivity index (χ1n) is 7.81. The van der Waals surface area contributed by atoms with Crippen LogP contribution in [-0.4, -0.2) is 22.3 Å². The van der Waals surface area contributed by atoms with Gasteiger partial charge in [-0.1, -0.05) is 24.3 Å². The summed E-state index contributed by atoms with van der Waals surface area (Å²) in [5, 5.41) is 11.1. The van der Waals surface area contributed by atoms with Gasteiger partial charge in [-0.05, 0) is 57.1 Å². The van der Waals surface area contributed by atoms with Gasteiger partial charge in [0.25, 0.3) is 0 Å². The number of esters is 1. The summed E-state index contributed by atoms with van der Waals surface area (Å²) >= 11 is 0. The van der Waals surface area contributed by atoms with Crippen LogP contribution in [0.1, 0.15) is 69.4 Å². The van der Waals surface area contributed by atoms with Crippen molar-refractivity contribution in [2.75, 3.05) is 0 Å². The lowest BCUT2D eigenvalue weighted by atomic mass is 9.58. The lowest BCUT2D eigenvalue weighted by Gasteiger charge is -2.49. The summed E-state index contributed by atoms with van der Waals surface area (Å²) in [6.45, 7) is 5.58. The third-order valence-corrected chi connectivity index (χ3v) is 4.73. The molecule has 1 N–H and O–H groups in total. The molecule has 0 radical (unpaired) electrons. The Morgan fingerprint density at radius 1 is 1.29 bits per heavy atom. The van der Waals surface area contributed by atoms with Crippen molar-refractivity contribution >= 4 is 5.97 Å². The lowest BCUT2D eigenvalue weighted by Crippen LogP contribution is -2.47. The van der Waals surface area contributed by atoms with E-state index in [2.05, 4.69) is 18.2 Å². The van der Waals surface area contributed by atoms with Crippen molar-refractivity contribution < 1.29 is 14.6 Å². The van der Waals surface area contributed by atoms with Crippen molar-refractivity contribution in [2.45, 2.75) is 69.5 Å². The molecule has 0 saturated heterocycles. The molecule has 0 amide bonds. The molecule has 2 bridgehead atoms. The van der Waals surface area contributed by atoms with Gasteiger partial charge in [0.2, 0.25) is 0 Å². The molecule has 3 heteroatoms. The fraction of sp³-hybridized carbons (Fsp3) is 0.611. The molecule has 0 heterocycles. The normalized spacial score (nSPS) is 30.9. The van der Waals surface area contributed by atoms with E-state index in [0.29, 0.717) is 12.3 Å². The Kier molecular flexibility index (Phi) is 3.36. The predicted octanol–water partition coefficient (Wildman–Crippen LogP) is 3.51. The van der Waals surface area contributed by atoms with Gasteiger partial charge in [0.15, 0.2) is 0 Å². The fourth-order valence-electron chi connectivity index (χ4n) is 4.04. The Morgan fingerprint density at radius 3 is 2.62 bits per heavy atom. The first kappa shape index (κ1) is 14.6. The highest BCUT2D eigenvalue weighted by molar-refractivity contribution is 5.71. The van der Waals surface area contributed by atoms with E-state index in [1.807, 2.05) is 26.8 Å². The number of hydrogen-bond donors (Lipinski definition) is 1. The highest BCUT2D eigenvalue weighted by atomic mass is 16.6. The molecule has 1 fully saturated rings. The van der Waals surface area contributed by atoms with E-state index >= 15 is 0 Å². The second-order valence-electron chi connectivity index (χ2n) is 7.53. The summed E-state index contributed by atoms with van der Waals surface area (Å²) in [6.07, 6.45) is 2.84. The van der Waals surface area contributed by atoms with Gasteiger partial charge in [-0.3, -0.25) is 4.79 Å². The molecule has 3 aliphatic carbocycles. The molecule has 21 heavy (non-hydrogen) atoms. The summed E-state index contributed by atoms with van der Waals surface area (Å²) < 4.78 is 5.40. The maximum Gasteiger partial charge on any atom is 0.309 e. The van der Waals surface area contributed by atoms with Crippen LogP contribution in [0.2, 0.25) is 0 Å². The van der Waals surface area contributed by atoms with Gasteiger partial charge in [-0.2, -0.15) is 0 Å². The molecule has 0 aromatic heterocycles. The topological polar surface area (TPSA) is 46.5 Å². The third-order valence-electron chi connectivity index (χ3n) is 4.73. The summed E-state index contributed by atoms with van der Waals surface area (Å²) in [4.78, 5) is 12.1. The number of benzene rings is 1. The Labute approximate surface area is 126 Å². The van der Waals surface area contributed by atoms with Crippen LogP contribution in [0.4, 0.5) is 0 Å². The van der Waals surface area contributed by atoms with Crippen LogP contribution in [0.25, 0.3) is 0 Å². The van der Waals surface area contributed by atoms with E-state index in [1.54, 1.807) is 0 Å². The third kappa shape index (κ3) is 2.71. The highest BCUT2D eigenvalue weighted by Gasteiger charge is 2.50. The van der Waals surface area contributed by atoms with Gasteiger partial charge in [0.05, 0.1) is 12.0 Å². The van der Waals surface area contributed by atoms with E-state index in [4.69, 9.17) is 4.74 Å². The van der Waals surface area contributed by atoms with Crippen molar-refractivity contribution in [3.05, 3.63) is 35.4 Å². The molecule has 3 atom stereocenters. The van der Waals surface area contributed by atoms with Crippen molar-refractivity contribution in [3.8, 4) is 0 Å². The van der Waals surface area contributed by atoms with Crippen molar-refractivity contribution in [3.63, 3.8) is 0 Å². The molecule has 3 nitrogen and oxygen atoms in total. The zero-order valence-electron chi connectivity index (χ0n) is 13.1. The molecule has 0 aliphatic heterocycles. The van der Waals surface area contributed by atoms with Crippen LogP contribution in [0.3, 0.4) is 0 Å². The molecular weight excluding hydrogens is 264 g/mol. The van der Waals surface area contributed by atoms with E-state index < -0.39 is 11.2 Å². The minimum atomic E-state index is -0.945. The number of carbonyl (C=O) groups is 1. The summed E-state index contributed by atoms with van der Waals surface area (Å²) in [5.74, 6) is 0.139. The summed E-state index contributed by atoms with van der Waals surface area (Å²) in [6, 6.07) is 8.35. The van der Waals surface area contributed by atoms with Crippen molar-refractivity contribution in [1.82, 2.24) is 0 Å². The van der Waals surface area contributed by atoms with Crippen LogP contribution in [0.15, 0.2) is 24.3 Å². The Bertz CT molecular complexity index is 558. The number of fused-ring (bicyclic) bond motifs is 2. The summed E-state index contributed by atoms with van der Waals surface area (Å²) in [7, 11) is 0. The van der Waals surface area contributed by atoms with Gasteiger partial charge in [0.1, 0.15) is 5.60 Å². The molecule has 114 valence electrons. The van der Waals surface area contributed by atoms with Gasteiger partial charge in [-0.15, -0.1) is 0 Å². The molecule has 1 aromatic rings. The molecule has 3 aliphatic rings. The van der Waals surface area contributed by atoms with Crippen LogP contribution in [0, 0.1) is 0 Å². The van der Waals surface area contributed by atoms with Gasteiger partial charge in [0, 0.05) is 5.92 Å². The van der Waals surface area contributed by atoms with E-state index in [1.165, 1.54) is 11.1 Å². The van der Waals surface area contributed by atoms with Crippen LogP contribution in [-0.2, 0) is 9.53 Å². The number of aliphatic hydroxyl groups is 1. The Balaban J connectivity index is 1.83. The number of carbonyl (C=O) groups excluding carboxylic acids is 1. The average molecular weight is 288 g/mol. The van der Waals surface area contributed by atoms with E-state index in [-0.39, 0.29) is 18.3 Å². The SMILES string of the molecule is CC(C)(C)OC(=O)C[C@@]1(O)C[C@H]2CC[C@@H]1c1ccccc12. The second kappa shape index (κ2) is 4.84. The second-order valence-corrected chi connectivity index (χ2v) is 7.53. The maximum absolute atomic E-state index is 12.1. The predicted molar refractivity (Wildman–Crippen MR) is 81.2 cm³/mol. The lowest BCUT2D eigenvalue weighted by molar-refractivity contribution is -0.163. The number of rotatable bonds is 2. The molecule has 0 spiro atoms. The van der Waals surface area contributed by atoms with Crippen LogP contribution < -0.4 is 0 Å². The standard InChI is InChI=1S/C18H24O3/c1-17(2,3)21-16(19)11-18(20)10-12-8-9-15(18)14-7-5-4-6-13(12)14/h4-7,12,15,20H,8-11H2,1-3H3/t12-,15-,18+/m1/s1. The highest BCUT2D eigenvalue weighted by Crippen LogP contribution is 2.55. The van der Waals surface area contributed by atoms with Gasteiger partial charge >= 0.3 is 5.97 Å². The zero-order chi connectivity index (χ0) is 15.3. The van der Waals surface area contributed by atoms with Crippen molar-refractivity contribution in [2.24, 2.45) is 0 Å². The average Bonchev–Trinajstić information content (AvgIpc) is 2.36. The number of ether oxygens (including phenoxy) is 1. The minimum absolute atomic E-state index is 0.0613. The van der Waals surface area contributed by atoms with E-state index in [0.717, 1.165) is 12.8 Å². The molecular formula is C18H24O3. The molecule has 4 rings (SSSR count).